The summed E-state index contributed by atoms with van der Waals surface area (Å²) in [6.07, 6.45) is 1.90. The molecule has 3 heterocycles. The van der Waals surface area contributed by atoms with Crippen molar-refractivity contribution in [2.45, 2.75) is 118 Å². The summed E-state index contributed by atoms with van der Waals surface area (Å²) < 4.78 is 51.8. The molecule has 8 aromatic rings. The normalized spacial score (nSPS) is 15.3. The minimum atomic E-state index is -2.22. The Morgan fingerprint density at radius 2 is 1.11 bits per heavy atom. The Morgan fingerprint density at radius 1 is 0.534 bits per heavy atom. The summed E-state index contributed by atoms with van der Waals surface area (Å²) in [5, 5.41) is 2.58. The van der Waals surface area contributed by atoms with Crippen molar-refractivity contribution < 1.29 is 32.7 Å². The number of rotatable bonds is 7. The summed E-state index contributed by atoms with van der Waals surface area (Å²) in [6, 6.07) is 48.0. The predicted octanol–water partition coefficient (Wildman–Crippen LogP) is 17.0. The molecule has 0 spiro atoms. The van der Waals surface area contributed by atoms with E-state index in [0.717, 1.165) is 50.9 Å². The monoisotopic (exact) mass is 1160 g/mol. The molecule has 0 amide bonds. The summed E-state index contributed by atoms with van der Waals surface area (Å²) in [5.41, 5.74) is 11.4. The van der Waals surface area contributed by atoms with Crippen LogP contribution < -0.4 is 29.8 Å². The maximum Gasteiger partial charge on any atom is 0.135 e. The first-order valence-electron chi connectivity index (χ1n) is 27.6. The summed E-state index contributed by atoms with van der Waals surface area (Å²) in [7, 11) is -2.22. The second-order valence-corrected chi connectivity index (χ2v) is 28.4. The van der Waals surface area contributed by atoms with Gasteiger partial charge < -0.3 is 19.4 Å². The smallest absolute Gasteiger partial charge is 0.135 e. The molecule has 0 aliphatic carbocycles. The van der Waals surface area contributed by atoms with E-state index in [2.05, 4.69) is 214 Å². The van der Waals surface area contributed by atoms with Crippen molar-refractivity contribution in [3.05, 3.63) is 199 Å². The van der Waals surface area contributed by atoms with Gasteiger partial charge in [-0.25, -0.2) is 4.98 Å². The largest absolute Gasteiger partial charge is 0.509 e. The van der Waals surface area contributed by atoms with Gasteiger partial charge >= 0.3 is 0 Å². The molecule has 0 saturated carbocycles. The van der Waals surface area contributed by atoms with E-state index in [9.17, 15) is 2.74 Å². The average Bonchev–Trinajstić information content (AvgIpc) is 3.86. The first-order valence-corrected chi connectivity index (χ1v) is 28.1. The van der Waals surface area contributed by atoms with Gasteiger partial charge in [0.15, 0.2) is 0 Å². The summed E-state index contributed by atoms with van der Waals surface area (Å²) in [5.74, 6) is 1.90. The Kier molecular flexibility index (Phi) is 11.8. The van der Waals surface area contributed by atoms with Gasteiger partial charge in [0.25, 0.3) is 0 Å². The Labute approximate surface area is 458 Å². The fourth-order valence-electron chi connectivity index (χ4n) is 9.93. The Morgan fingerprint density at radius 3 is 1.74 bits per heavy atom. The van der Waals surface area contributed by atoms with Gasteiger partial charge in [-0.2, -0.15) is 6.07 Å². The average molecular weight is 1160 g/mol. The molecule has 2 aliphatic heterocycles. The summed E-state index contributed by atoms with van der Waals surface area (Å²) in [6.45, 7) is 33.4. The second kappa shape index (κ2) is 18.9. The number of hydrogen-bond donors (Lipinski definition) is 0. The van der Waals surface area contributed by atoms with Crippen LogP contribution in [0.5, 0.6) is 11.5 Å². The van der Waals surface area contributed by atoms with Crippen LogP contribution >= 0.6 is 0 Å². The van der Waals surface area contributed by atoms with Gasteiger partial charge in [0, 0.05) is 72.6 Å². The molecular weight excluding hydrogens is 1090 g/mol. The van der Waals surface area contributed by atoms with Crippen molar-refractivity contribution in [2.24, 2.45) is 0 Å². The summed E-state index contributed by atoms with van der Waals surface area (Å²) >= 11 is 0. The SMILES string of the molecule is [2H]c1c([2H])c([2H])c(-c2cccc(-c3cc(C(C)(C)C)cc(C(C)(C)C)c3)c2N2[CH-]N(c3[c-]c(Oc4[c-]c5c(cc4)[Si](C)(C)c4ccccc4N5c4cc(C(C)(C)C)ccn4)cc(C(C)(C)C)c3)c3ccccc32)c([2H])c1[2H].[Pt]. The van der Waals surface area contributed by atoms with E-state index in [0.29, 0.717) is 22.7 Å². The zero-order chi connectivity index (χ0) is 55.5. The molecule has 0 radical (unpaired) electrons. The molecule has 0 N–H and O–H groups in total. The molecule has 0 saturated heterocycles. The number of nitrogens with zero attached hydrogens (tertiary/aromatic N) is 4. The third kappa shape index (κ3) is 9.86. The molecule has 7 aromatic carbocycles. The van der Waals surface area contributed by atoms with E-state index < -0.39 is 14.1 Å². The fourth-order valence-corrected chi connectivity index (χ4v) is 12.8. The van der Waals surface area contributed by atoms with Crippen molar-refractivity contribution in [3.63, 3.8) is 0 Å². The topological polar surface area (TPSA) is 31.8 Å². The third-order valence-corrected chi connectivity index (χ3v) is 17.8. The minimum absolute atomic E-state index is 0. The van der Waals surface area contributed by atoms with Crippen LogP contribution in [0.4, 0.5) is 39.9 Å². The molecule has 0 atom stereocenters. The van der Waals surface area contributed by atoms with Gasteiger partial charge in [0.05, 0.1) is 14.9 Å². The molecule has 376 valence electrons. The van der Waals surface area contributed by atoms with E-state index in [1.165, 1.54) is 27.1 Å². The molecule has 7 heteroatoms. The zero-order valence-electron chi connectivity index (χ0n) is 49.7. The van der Waals surface area contributed by atoms with Crippen LogP contribution in [-0.4, -0.2) is 13.1 Å². The molecule has 73 heavy (non-hydrogen) atoms. The Balaban J connectivity index is 0.00000740. The Hall–Kier alpha value is -6.20. The van der Waals surface area contributed by atoms with Gasteiger partial charge in [-0.05, 0) is 85.0 Å². The summed E-state index contributed by atoms with van der Waals surface area (Å²) in [4.78, 5) is 11.5. The van der Waals surface area contributed by atoms with Crippen LogP contribution in [0.25, 0.3) is 22.3 Å². The number of para-hydroxylation sites is 4. The van der Waals surface area contributed by atoms with Gasteiger partial charge in [-0.1, -0.05) is 199 Å². The number of benzene rings is 7. The molecule has 0 fully saturated rings. The molecule has 0 bridgehead atoms. The van der Waals surface area contributed by atoms with E-state index in [1.54, 1.807) is 0 Å². The molecule has 10 rings (SSSR count). The van der Waals surface area contributed by atoms with Gasteiger partial charge in [0.1, 0.15) is 5.82 Å². The Bertz CT molecular complexity index is 3600. The van der Waals surface area contributed by atoms with Gasteiger partial charge in [-0.15, -0.1) is 53.4 Å². The number of aromatic nitrogens is 1. The number of ether oxygens (including phenoxy) is 1. The van der Waals surface area contributed by atoms with Crippen LogP contribution in [0.1, 0.15) is 112 Å². The van der Waals surface area contributed by atoms with Crippen LogP contribution in [-0.2, 0) is 42.7 Å². The number of anilines is 7. The van der Waals surface area contributed by atoms with E-state index in [1.807, 2.05) is 43.2 Å². The number of pyridine rings is 1. The zero-order valence-corrected chi connectivity index (χ0v) is 48.0. The van der Waals surface area contributed by atoms with Crippen LogP contribution in [0.15, 0.2) is 158 Å². The van der Waals surface area contributed by atoms with Crippen LogP contribution in [0.2, 0.25) is 13.1 Å². The number of hydrogen-bond acceptors (Lipinski definition) is 5. The van der Waals surface area contributed by atoms with Crippen LogP contribution in [0, 0.1) is 18.8 Å². The molecular formula is C66H69N4OPtSi-3. The van der Waals surface area contributed by atoms with E-state index in [4.69, 9.17) is 13.8 Å². The van der Waals surface area contributed by atoms with Gasteiger partial charge in [-0.3, -0.25) is 0 Å². The standard InChI is InChI=1S/C66H69N4OSi.Pt/c1-63(2,3)46-33-34-67-61(40-46)70-57-29-20-21-30-59(57)72(13,14)60-32-31-51(42-58(60)70)71-52-39-49(66(10,11)12)38-50(41-52)68-43-69(56-28-19-18-27-55(56)68)62-53(44-23-16-15-17-24-44)25-22-26-54(62)45-35-47(64(4,5)6)37-48(36-45)65(7,8)9;/h15-40,43H,1-14H3;/q-3;/i15D,16D,17D,23D,24D;. The molecule has 2 aliphatic rings. The van der Waals surface area contributed by atoms with Crippen molar-refractivity contribution in [3.8, 4) is 33.8 Å². The van der Waals surface area contributed by atoms with Crippen molar-refractivity contribution in [1.82, 2.24) is 4.98 Å². The fraction of sp³-hybridized carbons (Fsp3) is 0.273. The first-order chi connectivity index (χ1) is 36.0. The quantitative estimate of drug-likeness (QED) is 0.117. The number of fused-ring (bicyclic) bond motifs is 3. The third-order valence-electron chi connectivity index (χ3n) is 14.3. The molecule has 0 unspecified atom stereocenters. The molecule has 1 aromatic heterocycles. The van der Waals surface area contributed by atoms with Gasteiger partial charge in [0.2, 0.25) is 0 Å². The van der Waals surface area contributed by atoms with Crippen molar-refractivity contribution >= 4 is 58.4 Å². The minimum Gasteiger partial charge on any atom is -0.509 e. The maximum absolute atomic E-state index is 9.32. The van der Waals surface area contributed by atoms with E-state index >= 15 is 0 Å². The van der Waals surface area contributed by atoms with E-state index in [-0.39, 0.29) is 72.5 Å². The van der Waals surface area contributed by atoms with Crippen LogP contribution in [0.3, 0.4) is 0 Å². The first kappa shape index (κ1) is 45.4. The predicted molar refractivity (Wildman–Crippen MR) is 307 cm³/mol. The van der Waals surface area contributed by atoms with Crippen molar-refractivity contribution in [1.29, 1.82) is 0 Å². The maximum atomic E-state index is 9.32. The second-order valence-electron chi connectivity index (χ2n) is 24.0. The molecule has 5 nitrogen and oxygen atoms in total. The van der Waals surface area contributed by atoms with Crippen molar-refractivity contribution in [2.75, 3.05) is 14.7 Å².